The number of rotatable bonds is 9. The van der Waals surface area contributed by atoms with E-state index in [9.17, 15) is 24.3 Å². The maximum Gasteiger partial charge on any atom is 0.326 e. The number of aliphatic carboxylic acids is 1. The number of carboxylic acids is 1. The van der Waals surface area contributed by atoms with E-state index in [0.29, 0.717) is 13.0 Å². The Morgan fingerprint density at radius 3 is 2.33 bits per heavy atom. The third kappa shape index (κ3) is 6.57. The fourth-order valence-electron chi connectivity index (χ4n) is 3.71. The van der Waals surface area contributed by atoms with E-state index in [0.717, 1.165) is 12.0 Å². The second-order valence-corrected chi connectivity index (χ2v) is 8.15. The SMILES string of the molecule is CC(=O)N1CCC[C@H]1C(=O)N[C@@H](Cc1ccccc1)C(=O)N[C@@H](CC(C)C)C(=O)O. The van der Waals surface area contributed by atoms with Gasteiger partial charge in [0.2, 0.25) is 17.7 Å². The van der Waals surface area contributed by atoms with Gasteiger partial charge < -0.3 is 20.6 Å². The zero-order valence-corrected chi connectivity index (χ0v) is 17.8. The number of carboxylic acid groups (broad SMARTS) is 1. The number of nitrogens with one attached hydrogen (secondary N) is 2. The topological polar surface area (TPSA) is 116 Å². The zero-order chi connectivity index (χ0) is 22.3. The van der Waals surface area contributed by atoms with E-state index in [4.69, 9.17) is 0 Å². The maximum atomic E-state index is 12.9. The average molecular weight is 418 g/mol. The molecule has 8 heteroatoms. The summed E-state index contributed by atoms with van der Waals surface area (Å²) in [6, 6.07) is 6.61. The molecule has 1 aromatic carbocycles. The van der Waals surface area contributed by atoms with Gasteiger partial charge in [0.1, 0.15) is 18.1 Å². The molecule has 2 rings (SSSR count). The summed E-state index contributed by atoms with van der Waals surface area (Å²) in [6.45, 7) is 5.69. The van der Waals surface area contributed by atoms with Crippen LogP contribution in [0.4, 0.5) is 0 Å². The van der Waals surface area contributed by atoms with Crippen LogP contribution in [0.1, 0.15) is 45.6 Å². The lowest BCUT2D eigenvalue weighted by Gasteiger charge is -2.26. The summed E-state index contributed by atoms with van der Waals surface area (Å²) in [6.07, 6.45) is 1.77. The molecule has 1 heterocycles. The van der Waals surface area contributed by atoms with Crippen LogP contribution in [0.5, 0.6) is 0 Å². The fraction of sp³-hybridized carbons (Fsp3) is 0.545. The van der Waals surface area contributed by atoms with Gasteiger partial charge >= 0.3 is 5.97 Å². The van der Waals surface area contributed by atoms with Gasteiger partial charge in [0.05, 0.1) is 0 Å². The van der Waals surface area contributed by atoms with Gasteiger partial charge in [-0.3, -0.25) is 14.4 Å². The van der Waals surface area contributed by atoms with Crippen LogP contribution in [-0.2, 0) is 25.6 Å². The molecule has 1 aromatic rings. The summed E-state index contributed by atoms with van der Waals surface area (Å²) < 4.78 is 0. The van der Waals surface area contributed by atoms with Crippen molar-refractivity contribution >= 4 is 23.7 Å². The Morgan fingerprint density at radius 1 is 1.10 bits per heavy atom. The molecule has 1 fully saturated rings. The van der Waals surface area contributed by atoms with Crippen molar-refractivity contribution in [1.29, 1.82) is 0 Å². The number of hydrogen-bond acceptors (Lipinski definition) is 4. The Balaban J connectivity index is 2.17. The van der Waals surface area contributed by atoms with Gasteiger partial charge in [-0.1, -0.05) is 44.2 Å². The lowest BCUT2D eigenvalue weighted by Crippen LogP contribution is -2.56. The summed E-state index contributed by atoms with van der Waals surface area (Å²) in [4.78, 5) is 50.7. The molecule has 3 amide bonds. The van der Waals surface area contributed by atoms with E-state index in [2.05, 4.69) is 10.6 Å². The number of benzene rings is 1. The van der Waals surface area contributed by atoms with Gasteiger partial charge in [-0.05, 0) is 30.7 Å². The van der Waals surface area contributed by atoms with Crippen LogP contribution in [0, 0.1) is 5.92 Å². The van der Waals surface area contributed by atoms with Crippen molar-refractivity contribution < 1.29 is 24.3 Å². The van der Waals surface area contributed by atoms with Gasteiger partial charge in [0.25, 0.3) is 0 Å². The van der Waals surface area contributed by atoms with Gasteiger partial charge in [0, 0.05) is 19.9 Å². The largest absolute Gasteiger partial charge is 0.480 e. The molecule has 3 atom stereocenters. The molecule has 3 N–H and O–H groups in total. The Bertz CT molecular complexity index is 765. The van der Waals surface area contributed by atoms with E-state index < -0.39 is 35.9 Å². The number of nitrogens with zero attached hydrogens (tertiary/aromatic N) is 1. The number of carbonyl (C=O) groups excluding carboxylic acids is 3. The summed E-state index contributed by atoms with van der Waals surface area (Å²) in [7, 11) is 0. The molecule has 1 saturated heterocycles. The minimum absolute atomic E-state index is 0.0798. The molecule has 0 spiro atoms. The molecule has 0 radical (unpaired) electrons. The summed E-state index contributed by atoms with van der Waals surface area (Å²) in [5.74, 6) is -2.15. The van der Waals surface area contributed by atoms with Crippen LogP contribution in [0.3, 0.4) is 0 Å². The second kappa shape index (κ2) is 10.8. The molecule has 1 aliphatic rings. The second-order valence-electron chi connectivity index (χ2n) is 8.15. The standard InChI is InChI=1S/C22H31N3O5/c1-14(2)12-18(22(29)30)24-20(27)17(13-16-8-5-4-6-9-16)23-21(28)19-10-7-11-25(19)15(3)26/h4-6,8-9,14,17-19H,7,10-13H2,1-3H3,(H,23,28)(H,24,27)(H,29,30)/t17-,18-,19-/m0/s1. The smallest absolute Gasteiger partial charge is 0.326 e. The van der Waals surface area contributed by atoms with Crippen molar-refractivity contribution in [1.82, 2.24) is 15.5 Å². The highest BCUT2D eigenvalue weighted by Crippen LogP contribution is 2.18. The van der Waals surface area contributed by atoms with Crippen molar-refractivity contribution in [3.8, 4) is 0 Å². The minimum Gasteiger partial charge on any atom is -0.480 e. The van der Waals surface area contributed by atoms with Gasteiger partial charge in [-0.25, -0.2) is 4.79 Å². The van der Waals surface area contributed by atoms with Crippen LogP contribution in [0.15, 0.2) is 30.3 Å². The maximum absolute atomic E-state index is 12.9. The minimum atomic E-state index is -1.11. The Hall–Kier alpha value is -2.90. The lowest BCUT2D eigenvalue weighted by molar-refractivity contribution is -0.143. The van der Waals surface area contributed by atoms with Gasteiger partial charge in [-0.2, -0.15) is 0 Å². The van der Waals surface area contributed by atoms with Crippen molar-refractivity contribution in [2.45, 2.75) is 64.6 Å². The van der Waals surface area contributed by atoms with E-state index in [1.54, 1.807) is 0 Å². The number of hydrogen-bond donors (Lipinski definition) is 3. The van der Waals surface area contributed by atoms with E-state index in [-0.39, 0.29) is 24.7 Å². The van der Waals surface area contributed by atoms with Crippen molar-refractivity contribution in [3.63, 3.8) is 0 Å². The first-order chi connectivity index (χ1) is 14.2. The molecule has 0 bridgehead atoms. The lowest BCUT2D eigenvalue weighted by atomic mass is 10.0. The molecule has 0 aliphatic carbocycles. The molecule has 0 unspecified atom stereocenters. The predicted molar refractivity (Wildman–Crippen MR) is 112 cm³/mol. The van der Waals surface area contributed by atoms with Crippen LogP contribution in [0.2, 0.25) is 0 Å². The third-order valence-corrected chi connectivity index (χ3v) is 5.20. The number of amides is 3. The zero-order valence-electron chi connectivity index (χ0n) is 17.8. The highest BCUT2D eigenvalue weighted by atomic mass is 16.4. The van der Waals surface area contributed by atoms with Gasteiger partial charge in [0.15, 0.2) is 0 Å². The van der Waals surface area contributed by atoms with Crippen molar-refractivity contribution in [3.05, 3.63) is 35.9 Å². The van der Waals surface area contributed by atoms with Crippen LogP contribution in [-0.4, -0.2) is 58.4 Å². The van der Waals surface area contributed by atoms with Gasteiger partial charge in [-0.15, -0.1) is 0 Å². The Labute approximate surface area is 177 Å². The first kappa shape index (κ1) is 23.4. The molecular weight excluding hydrogens is 386 g/mol. The van der Waals surface area contributed by atoms with E-state index in [1.807, 2.05) is 44.2 Å². The number of carbonyl (C=O) groups is 4. The molecule has 1 aliphatic heterocycles. The highest BCUT2D eigenvalue weighted by molar-refractivity contribution is 5.93. The summed E-state index contributed by atoms with van der Waals surface area (Å²) in [5, 5.41) is 14.8. The molecule has 0 saturated carbocycles. The molecule has 0 aromatic heterocycles. The van der Waals surface area contributed by atoms with Crippen molar-refractivity contribution in [2.24, 2.45) is 5.92 Å². The molecular formula is C22H31N3O5. The fourth-order valence-corrected chi connectivity index (χ4v) is 3.71. The first-order valence-electron chi connectivity index (χ1n) is 10.3. The predicted octanol–water partition coefficient (Wildman–Crippen LogP) is 1.34. The van der Waals surface area contributed by atoms with E-state index >= 15 is 0 Å². The quantitative estimate of drug-likeness (QED) is 0.561. The molecule has 30 heavy (non-hydrogen) atoms. The van der Waals surface area contributed by atoms with Crippen LogP contribution in [0.25, 0.3) is 0 Å². The summed E-state index contributed by atoms with van der Waals surface area (Å²) >= 11 is 0. The average Bonchev–Trinajstić information content (AvgIpc) is 3.17. The Morgan fingerprint density at radius 2 is 1.77 bits per heavy atom. The summed E-state index contributed by atoms with van der Waals surface area (Å²) in [5.41, 5.74) is 0.837. The monoisotopic (exact) mass is 417 g/mol. The number of likely N-dealkylation sites (tertiary alicyclic amines) is 1. The Kier molecular flexibility index (Phi) is 8.38. The first-order valence-corrected chi connectivity index (χ1v) is 10.3. The van der Waals surface area contributed by atoms with Crippen LogP contribution >= 0.6 is 0 Å². The molecule has 8 nitrogen and oxygen atoms in total. The van der Waals surface area contributed by atoms with Crippen molar-refractivity contribution in [2.75, 3.05) is 6.54 Å². The molecule has 164 valence electrons. The normalized spacial score (nSPS) is 18.0. The van der Waals surface area contributed by atoms with E-state index in [1.165, 1.54) is 11.8 Å². The third-order valence-electron chi connectivity index (χ3n) is 5.20. The highest BCUT2D eigenvalue weighted by Gasteiger charge is 2.35. The van der Waals surface area contributed by atoms with Crippen LogP contribution < -0.4 is 10.6 Å².